The van der Waals surface area contributed by atoms with E-state index in [0.717, 1.165) is 50.1 Å². The van der Waals surface area contributed by atoms with Gasteiger partial charge in [0.1, 0.15) is 0 Å². The molecule has 5 aromatic rings. The molecule has 0 radical (unpaired) electrons. The molecule has 0 aliphatic rings. The van der Waals surface area contributed by atoms with E-state index in [4.69, 9.17) is 10.7 Å². The Hall–Kier alpha value is -3.83. The van der Waals surface area contributed by atoms with Crippen LogP contribution in [0.4, 0.5) is 0 Å². The maximum Gasteiger partial charge on any atom is 0.0827 e. The quantitative estimate of drug-likeness (QED) is 0.477. The van der Waals surface area contributed by atoms with Crippen molar-refractivity contribution in [1.29, 1.82) is 0 Å². The Morgan fingerprint density at radius 3 is 2.37 bits per heavy atom. The van der Waals surface area contributed by atoms with E-state index in [0.29, 0.717) is 6.54 Å². The summed E-state index contributed by atoms with van der Waals surface area (Å²) in [7, 11) is 1.91. The molecule has 0 atom stereocenters. The largest absolute Gasteiger partial charge is 0.326 e. The van der Waals surface area contributed by atoms with Gasteiger partial charge in [-0.1, -0.05) is 54.6 Å². The maximum absolute atomic E-state index is 5.78. The van der Waals surface area contributed by atoms with Gasteiger partial charge >= 0.3 is 0 Å². The van der Waals surface area contributed by atoms with Crippen LogP contribution in [-0.2, 0) is 13.6 Å². The first kappa shape index (κ1) is 18.2. The van der Waals surface area contributed by atoms with Crippen molar-refractivity contribution in [3.8, 4) is 33.6 Å². The minimum Gasteiger partial charge on any atom is -0.326 e. The predicted molar refractivity (Wildman–Crippen MR) is 121 cm³/mol. The monoisotopic (exact) mass is 391 g/mol. The number of nitrogens with zero attached hydrogens (tertiary/aromatic N) is 4. The van der Waals surface area contributed by atoms with Crippen molar-refractivity contribution in [2.45, 2.75) is 6.54 Å². The summed E-state index contributed by atoms with van der Waals surface area (Å²) in [5.74, 6) is 0. The predicted octanol–water partition coefficient (Wildman–Crippen LogP) is 4.82. The molecular formula is C25H21N5. The third-order valence-electron chi connectivity index (χ3n) is 5.27. The van der Waals surface area contributed by atoms with Gasteiger partial charge in [-0.25, -0.2) is 4.98 Å². The zero-order valence-corrected chi connectivity index (χ0v) is 16.7. The van der Waals surface area contributed by atoms with Crippen LogP contribution in [0.5, 0.6) is 0 Å². The molecule has 5 rings (SSSR count). The summed E-state index contributed by atoms with van der Waals surface area (Å²) >= 11 is 0. The van der Waals surface area contributed by atoms with Crippen LogP contribution in [0, 0.1) is 0 Å². The molecule has 0 saturated carbocycles. The molecule has 30 heavy (non-hydrogen) atoms. The van der Waals surface area contributed by atoms with Gasteiger partial charge in [0, 0.05) is 48.1 Å². The van der Waals surface area contributed by atoms with E-state index < -0.39 is 0 Å². The fourth-order valence-electron chi connectivity index (χ4n) is 3.73. The maximum atomic E-state index is 5.78. The highest BCUT2D eigenvalue weighted by Crippen LogP contribution is 2.36. The molecule has 0 fully saturated rings. The zero-order chi connectivity index (χ0) is 20.5. The molecule has 146 valence electrons. The first-order valence-corrected chi connectivity index (χ1v) is 9.86. The molecular weight excluding hydrogens is 370 g/mol. The number of hydrogen-bond acceptors (Lipinski definition) is 4. The zero-order valence-electron chi connectivity index (χ0n) is 16.7. The molecule has 0 unspecified atom stereocenters. The van der Waals surface area contributed by atoms with E-state index in [1.807, 2.05) is 43.7 Å². The standard InChI is InChI=1S/C25H21N5/c1-30-16-20(15-28-30)24-22-13-21(18-5-3-2-4-6-18)25(29-23(22)11-12-27-24)19-9-7-17(14-26)8-10-19/h2-13,15-16H,14,26H2,1H3. The number of hydrogen-bond donors (Lipinski definition) is 1. The minimum absolute atomic E-state index is 0.525. The normalized spacial score (nSPS) is 11.1. The topological polar surface area (TPSA) is 69.6 Å². The minimum atomic E-state index is 0.525. The number of aryl methyl sites for hydroxylation is 1. The van der Waals surface area contributed by atoms with Crippen LogP contribution >= 0.6 is 0 Å². The first-order valence-electron chi connectivity index (χ1n) is 9.86. The average Bonchev–Trinajstić information content (AvgIpc) is 3.24. The molecule has 2 N–H and O–H groups in total. The van der Waals surface area contributed by atoms with Crippen LogP contribution in [0.15, 0.2) is 85.3 Å². The van der Waals surface area contributed by atoms with Gasteiger partial charge in [0.05, 0.1) is 23.1 Å². The van der Waals surface area contributed by atoms with Crippen LogP contribution in [-0.4, -0.2) is 19.7 Å². The van der Waals surface area contributed by atoms with Crippen molar-refractivity contribution in [3.05, 3.63) is 90.9 Å². The van der Waals surface area contributed by atoms with E-state index in [1.54, 1.807) is 10.9 Å². The third-order valence-corrected chi connectivity index (χ3v) is 5.27. The Labute approximate surface area is 174 Å². The second kappa shape index (κ2) is 7.54. The fourth-order valence-corrected chi connectivity index (χ4v) is 3.73. The molecule has 3 aromatic heterocycles. The van der Waals surface area contributed by atoms with Crippen molar-refractivity contribution in [1.82, 2.24) is 19.7 Å². The number of benzene rings is 2. The SMILES string of the molecule is Cn1cc(-c2nccc3nc(-c4ccc(CN)cc4)c(-c4ccccc4)cc23)cn1. The summed E-state index contributed by atoms with van der Waals surface area (Å²) in [6.45, 7) is 0.525. The highest BCUT2D eigenvalue weighted by Gasteiger charge is 2.15. The summed E-state index contributed by atoms with van der Waals surface area (Å²) in [6, 6.07) is 22.8. The lowest BCUT2D eigenvalue weighted by Gasteiger charge is -2.13. The number of pyridine rings is 2. The van der Waals surface area contributed by atoms with Gasteiger partial charge in [-0.05, 0) is 23.3 Å². The van der Waals surface area contributed by atoms with Crippen molar-refractivity contribution >= 4 is 10.9 Å². The van der Waals surface area contributed by atoms with Gasteiger partial charge in [-0.2, -0.15) is 5.10 Å². The molecule has 0 amide bonds. The lowest BCUT2D eigenvalue weighted by Crippen LogP contribution is -1.97. The van der Waals surface area contributed by atoms with Crippen molar-refractivity contribution in [2.75, 3.05) is 0 Å². The molecule has 3 heterocycles. The Kier molecular flexibility index (Phi) is 4.58. The lowest BCUT2D eigenvalue weighted by molar-refractivity contribution is 0.768. The van der Waals surface area contributed by atoms with Gasteiger partial charge in [0.15, 0.2) is 0 Å². The van der Waals surface area contributed by atoms with Crippen LogP contribution in [0.2, 0.25) is 0 Å². The van der Waals surface area contributed by atoms with Crippen LogP contribution < -0.4 is 5.73 Å². The average molecular weight is 391 g/mol. The van der Waals surface area contributed by atoms with Gasteiger partial charge in [-0.15, -0.1) is 0 Å². The number of aromatic nitrogens is 4. The summed E-state index contributed by atoms with van der Waals surface area (Å²) in [4.78, 5) is 9.71. The molecule has 0 aliphatic heterocycles. The van der Waals surface area contributed by atoms with Gasteiger partial charge < -0.3 is 5.73 Å². The lowest BCUT2D eigenvalue weighted by atomic mass is 9.96. The summed E-state index contributed by atoms with van der Waals surface area (Å²) < 4.78 is 1.79. The summed E-state index contributed by atoms with van der Waals surface area (Å²) in [5.41, 5.74) is 13.8. The molecule has 0 bridgehead atoms. The molecule has 0 saturated heterocycles. The second-order valence-corrected chi connectivity index (χ2v) is 7.28. The number of nitrogens with two attached hydrogens (primary N) is 1. The van der Waals surface area contributed by atoms with Gasteiger partial charge in [-0.3, -0.25) is 9.67 Å². The number of rotatable bonds is 4. The fraction of sp³-hybridized carbons (Fsp3) is 0.0800. The van der Waals surface area contributed by atoms with Crippen molar-refractivity contribution in [3.63, 3.8) is 0 Å². The highest BCUT2D eigenvalue weighted by molar-refractivity contribution is 5.98. The summed E-state index contributed by atoms with van der Waals surface area (Å²) in [6.07, 6.45) is 5.62. The second-order valence-electron chi connectivity index (χ2n) is 7.28. The first-order chi connectivity index (χ1) is 14.7. The van der Waals surface area contributed by atoms with Crippen LogP contribution in [0.3, 0.4) is 0 Å². The van der Waals surface area contributed by atoms with E-state index in [9.17, 15) is 0 Å². The molecule has 5 heteroatoms. The van der Waals surface area contributed by atoms with Gasteiger partial charge in [0.2, 0.25) is 0 Å². The molecule has 0 aliphatic carbocycles. The smallest absolute Gasteiger partial charge is 0.0827 e. The Morgan fingerprint density at radius 2 is 1.67 bits per heavy atom. The Bertz CT molecular complexity index is 1320. The number of fused-ring (bicyclic) bond motifs is 1. The van der Waals surface area contributed by atoms with Gasteiger partial charge in [0.25, 0.3) is 0 Å². The van der Waals surface area contributed by atoms with Crippen LogP contribution in [0.1, 0.15) is 5.56 Å². The Morgan fingerprint density at radius 1 is 0.867 bits per heavy atom. The third kappa shape index (κ3) is 3.25. The highest BCUT2D eigenvalue weighted by atomic mass is 15.2. The van der Waals surface area contributed by atoms with E-state index >= 15 is 0 Å². The van der Waals surface area contributed by atoms with Crippen molar-refractivity contribution in [2.24, 2.45) is 12.8 Å². The van der Waals surface area contributed by atoms with E-state index in [2.05, 4.69) is 52.5 Å². The van der Waals surface area contributed by atoms with E-state index in [-0.39, 0.29) is 0 Å². The van der Waals surface area contributed by atoms with Crippen molar-refractivity contribution < 1.29 is 0 Å². The molecule has 0 spiro atoms. The molecule has 5 nitrogen and oxygen atoms in total. The molecule has 2 aromatic carbocycles. The Balaban J connectivity index is 1.79. The van der Waals surface area contributed by atoms with Crippen LogP contribution in [0.25, 0.3) is 44.5 Å². The summed E-state index contributed by atoms with van der Waals surface area (Å²) in [5, 5.41) is 5.31. The van der Waals surface area contributed by atoms with E-state index in [1.165, 1.54) is 0 Å².